The first-order valence-corrected chi connectivity index (χ1v) is 37.0. The average Bonchev–Trinajstić information content (AvgIpc) is 0.774. The first-order valence-electron chi connectivity index (χ1n) is 34.6. The third-order valence-corrected chi connectivity index (χ3v) is 20.5. The van der Waals surface area contributed by atoms with E-state index in [1.165, 1.54) is 28.4 Å². The number of aryl methyl sites for hydroxylation is 4. The summed E-state index contributed by atoms with van der Waals surface area (Å²) in [6.07, 6.45) is 3.03. The van der Waals surface area contributed by atoms with Crippen molar-refractivity contribution in [2.45, 2.75) is 261 Å². The van der Waals surface area contributed by atoms with Crippen molar-refractivity contribution in [3.05, 3.63) is 164 Å². The van der Waals surface area contributed by atoms with Gasteiger partial charge in [-0.05, 0) is 127 Å². The van der Waals surface area contributed by atoms with E-state index < -0.39 is 16.8 Å². The molecule has 0 spiro atoms. The average molecular weight is 1380 g/mol. The molecule has 0 heterocycles. The first-order chi connectivity index (χ1) is 45.1. The van der Waals surface area contributed by atoms with E-state index in [1.54, 1.807) is 0 Å². The lowest BCUT2D eigenvalue weighted by atomic mass is 9.78. The minimum Gasteiger partial charge on any atom is -0.469 e. The molecule has 6 rings (SSSR count). The summed E-state index contributed by atoms with van der Waals surface area (Å²) in [7, 11) is 1.81. The van der Waals surface area contributed by atoms with Crippen LogP contribution in [0.3, 0.4) is 0 Å². The molecule has 0 radical (unpaired) electrons. The van der Waals surface area contributed by atoms with Crippen molar-refractivity contribution in [3.63, 3.8) is 0 Å². The van der Waals surface area contributed by atoms with Gasteiger partial charge in [0, 0.05) is 70.2 Å². The number of ether oxygens (including phenoxy) is 4. The summed E-state index contributed by atoms with van der Waals surface area (Å²) in [4.78, 5) is 50.4. The maximum atomic E-state index is 12.6. The van der Waals surface area contributed by atoms with Crippen LogP contribution < -0.4 is 28.7 Å². The molecule has 14 heteroatoms. The maximum absolute atomic E-state index is 12.6. The van der Waals surface area contributed by atoms with E-state index in [4.69, 9.17) is 37.0 Å². The highest BCUT2D eigenvalue weighted by atomic mass is 31.2. The van der Waals surface area contributed by atoms with Crippen LogP contribution in [0.5, 0.6) is 23.0 Å². The number of carbonyl (C=O) groups is 4. The fraction of sp³-hybridized carbons (Fsp3) is 0.524. The number of methoxy groups -OCH3 is 4. The smallest absolute Gasteiger partial charge is 0.326 e. The van der Waals surface area contributed by atoms with Gasteiger partial charge in [0.2, 0.25) is 0 Å². The fourth-order valence-corrected chi connectivity index (χ4v) is 14.4. The summed E-state index contributed by atoms with van der Waals surface area (Å²) in [6.45, 7) is 52.7. The summed E-state index contributed by atoms with van der Waals surface area (Å²) < 4.78 is 51.1. The number of rotatable bonds is 23. The van der Waals surface area contributed by atoms with Crippen LogP contribution in [0.2, 0.25) is 0 Å². The molecular formula is C84H116O12P2. The lowest BCUT2D eigenvalue weighted by molar-refractivity contribution is -0.141. The third kappa shape index (κ3) is 21.2. The van der Waals surface area contributed by atoms with Gasteiger partial charge in [-0.2, -0.15) is 0 Å². The SMILES string of the molecule is COC(=O)CCc1cc(C(C)(C)C)c(OP(Oc2c(C(C)(C)C)cc(CCC(=O)OC)cc2C(C)(C)C)c2ccc(-c3ccc(P(Oc4c(C(C)(C)C)cc(CCC(=O)OC)cc4C(C)(C)C)Oc4c(C(C)(C)C)cc(CCC(=O)OC)cc4C(C)(C)C)cc3)cc2)c(C(C)(C)C)c1. The number of benzene rings is 6. The molecule has 0 saturated heterocycles. The number of esters is 4. The van der Waals surface area contributed by atoms with E-state index >= 15 is 0 Å². The Bertz CT molecular complexity index is 3190. The Morgan fingerprint density at radius 2 is 0.418 bits per heavy atom. The van der Waals surface area contributed by atoms with Crippen LogP contribution in [0.15, 0.2) is 97.1 Å². The molecule has 0 bridgehead atoms. The normalized spacial score (nSPS) is 12.8. The molecule has 0 saturated carbocycles. The van der Waals surface area contributed by atoms with Crippen molar-refractivity contribution in [2.24, 2.45) is 0 Å². The van der Waals surface area contributed by atoms with Crippen LogP contribution in [0.25, 0.3) is 11.1 Å². The Kier molecular flexibility index (Phi) is 25.7. The monoisotopic (exact) mass is 1380 g/mol. The van der Waals surface area contributed by atoms with Gasteiger partial charge in [0.15, 0.2) is 0 Å². The molecule has 12 nitrogen and oxygen atoms in total. The summed E-state index contributed by atoms with van der Waals surface area (Å²) in [5.74, 6) is 1.95. The second-order valence-corrected chi connectivity index (χ2v) is 37.1. The fourth-order valence-electron chi connectivity index (χ4n) is 11.7. The van der Waals surface area contributed by atoms with Crippen LogP contribution in [0.1, 0.15) is 259 Å². The Morgan fingerprint density at radius 1 is 0.265 bits per heavy atom. The molecule has 0 amide bonds. The van der Waals surface area contributed by atoms with Crippen molar-refractivity contribution >= 4 is 51.2 Å². The molecule has 6 aromatic carbocycles. The molecule has 0 fully saturated rings. The van der Waals surface area contributed by atoms with Crippen LogP contribution in [-0.4, -0.2) is 52.3 Å². The van der Waals surface area contributed by atoms with Crippen LogP contribution in [0.4, 0.5) is 0 Å². The highest BCUT2D eigenvalue weighted by Gasteiger charge is 2.38. The van der Waals surface area contributed by atoms with E-state index in [1.807, 2.05) is 0 Å². The molecule has 0 N–H and O–H groups in total. The van der Waals surface area contributed by atoms with E-state index in [-0.39, 0.29) is 92.9 Å². The van der Waals surface area contributed by atoms with E-state index in [0.717, 1.165) is 111 Å². The molecule has 0 aliphatic rings. The lowest BCUT2D eigenvalue weighted by Crippen LogP contribution is -2.23. The summed E-state index contributed by atoms with van der Waals surface area (Å²) in [5, 5.41) is 1.71. The molecule has 6 aromatic rings. The van der Waals surface area contributed by atoms with Crippen molar-refractivity contribution in [1.29, 1.82) is 0 Å². The van der Waals surface area contributed by atoms with Crippen LogP contribution >= 0.6 is 16.8 Å². The summed E-state index contributed by atoms with van der Waals surface area (Å²) in [6, 6.07) is 34.5. The molecular weight excluding hydrogens is 1260 g/mol. The standard InChI is InChI=1S/C84H116O12P2/c1-77(2,3)61-45-53(29-41-69(85)89-25)46-62(78(4,5)6)73(61)93-97(94-74-63(79(7,8)9)47-54(30-42-70(86)90-26)48-64(74)80(10,11)12)59-37-33-57(34-38-59)58-35-39-60(40-36-58)98(95-75-65(81(13,14)15)49-55(31-43-71(87)91-27)50-66(75)82(16,17)18)96-76-67(83(19,20)21)51-56(32-44-72(88)92-28)52-68(76)84(22,23)24/h33-40,45-52H,29-32,41-44H2,1-28H3. The number of carbonyl (C=O) groups excluding carboxylic acids is 4. The lowest BCUT2D eigenvalue weighted by Gasteiger charge is -2.35. The summed E-state index contributed by atoms with van der Waals surface area (Å²) >= 11 is 0. The quantitative estimate of drug-likeness (QED) is 0.0342. The van der Waals surface area contributed by atoms with Crippen LogP contribution in [-0.2, 0) is 107 Å². The molecule has 0 atom stereocenters. The van der Waals surface area contributed by atoms with Gasteiger partial charge in [0.05, 0.1) is 39.0 Å². The van der Waals surface area contributed by atoms with Gasteiger partial charge in [0.25, 0.3) is 0 Å². The van der Waals surface area contributed by atoms with Crippen molar-refractivity contribution in [1.82, 2.24) is 0 Å². The second-order valence-electron chi connectivity index (χ2n) is 34.4. The van der Waals surface area contributed by atoms with Gasteiger partial charge >= 0.3 is 40.6 Å². The highest BCUT2D eigenvalue weighted by molar-refractivity contribution is 7.57. The van der Waals surface area contributed by atoms with E-state index in [9.17, 15) is 19.2 Å². The minimum absolute atomic E-state index is 0.248. The second kappa shape index (κ2) is 31.4. The Morgan fingerprint density at radius 3 is 0.551 bits per heavy atom. The molecule has 0 aromatic heterocycles. The number of hydrogen-bond donors (Lipinski definition) is 0. The van der Waals surface area contributed by atoms with E-state index in [2.05, 4.69) is 263 Å². The third-order valence-electron chi connectivity index (χ3n) is 17.6. The van der Waals surface area contributed by atoms with Gasteiger partial charge in [-0.1, -0.05) is 239 Å². The predicted molar refractivity (Wildman–Crippen MR) is 404 cm³/mol. The molecule has 0 aliphatic carbocycles. The summed E-state index contributed by atoms with van der Waals surface area (Å²) in [5.41, 5.74) is 11.0. The topological polar surface area (TPSA) is 142 Å². The predicted octanol–water partition coefficient (Wildman–Crippen LogP) is 20.3. The minimum atomic E-state index is -1.95. The molecule has 98 heavy (non-hydrogen) atoms. The zero-order valence-electron chi connectivity index (χ0n) is 64.7. The number of hydrogen-bond acceptors (Lipinski definition) is 12. The maximum Gasteiger partial charge on any atom is 0.326 e. The van der Waals surface area contributed by atoms with Crippen LogP contribution in [0, 0.1) is 0 Å². The Labute approximate surface area is 591 Å². The van der Waals surface area contributed by atoms with Gasteiger partial charge in [-0.15, -0.1) is 0 Å². The van der Waals surface area contributed by atoms with Gasteiger partial charge in [-0.3, -0.25) is 19.2 Å². The molecule has 0 unspecified atom stereocenters. The zero-order valence-corrected chi connectivity index (χ0v) is 66.5. The Hall–Kier alpha value is -6.74. The van der Waals surface area contributed by atoms with Crippen molar-refractivity contribution < 1.29 is 56.2 Å². The van der Waals surface area contributed by atoms with E-state index in [0.29, 0.717) is 25.7 Å². The largest absolute Gasteiger partial charge is 0.469 e. The Balaban J connectivity index is 1.60. The van der Waals surface area contributed by atoms with Gasteiger partial charge < -0.3 is 37.0 Å². The van der Waals surface area contributed by atoms with Gasteiger partial charge in [-0.25, -0.2) is 0 Å². The molecule has 534 valence electrons. The van der Waals surface area contributed by atoms with Crippen molar-refractivity contribution in [2.75, 3.05) is 28.4 Å². The van der Waals surface area contributed by atoms with Gasteiger partial charge in [0.1, 0.15) is 23.0 Å². The molecule has 0 aliphatic heterocycles. The van der Waals surface area contributed by atoms with Crippen molar-refractivity contribution in [3.8, 4) is 34.1 Å². The first kappa shape index (κ1) is 80.2. The highest BCUT2D eigenvalue weighted by Crippen LogP contribution is 2.55. The zero-order chi connectivity index (χ0) is 73.6.